The average Bonchev–Trinajstić information content (AvgIpc) is 3.24. The molecular weight excluding hydrogens is 312 g/mol. The number of nitrogens with two attached hydrogens (primary N) is 1. The van der Waals surface area contributed by atoms with E-state index in [0.29, 0.717) is 13.0 Å². The van der Waals surface area contributed by atoms with E-state index in [1.54, 1.807) is 6.92 Å². The molecule has 24 heavy (non-hydrogen) atoms. The largest absolute Gasteiger partial charge is 0.393 e. The Bertz CT molecular complexity index is 421. The molecule has 0 radical (unpaired) electrons. The first-order valence-electron chi connectivity index (χ1n) is 8.88. The maximum absolute atomic E-state index is 12.3. The SMILES string of the molecule is CC(O)[C@H](C)[C@H](C)O[C@H](CC(=O)N[C@H]1C[C@H](N)C1)C[C@]1(CO)CO1. The van der Waals surface area contributed by atoms with Crippen LogP contribution in [0.2, 0.25) is 0 Å². The van der Waals surface area contributed by atoms with Gasteiger partial charge in [0.15, 0.2) is 0 Å². The van der Waals surface area contributed by atoms with Crippen molar-refractivity contribution < 1.29 is 24.5 Å². The van der Waals surface area contributed by atoms with Crippen LogP contribution in [0, 0.1) is 5.92 Å². The zero-order valence-corrected chi connectivity index (χ0v) is 14.9. The highest BCUT2D eigenvalue weighted by atomic mass is 16.6. The second-order valence-electron chi connectivity index (χ2n) is 7.60. The highest BCUT2D eigenvalue weighted by Gasteiger charge is 2.47. The number of rotatable bonds is 10. The van der Waals surface area contributed by atoms with Crippen LogP contribution in [-0.2, 0) is 14.3 Å². The molecule has 140 valence electrons. The van der Waals surface area contributed by atoms with Gasteiger partial charge in [0.2, 0.25) is 5.91 Å². The van der Waals surface area contributed by atoms with Crippen LogP contribution in [-0.4, -0.2) is 65.3 Å². The summed E-state index contributed by atoms with van der Waals surface area (Å²) < 4.78 is 11.4. The normalized spacial score (nSPS) is 33.9. The standard InChI is InChI=1S/C17H32N2O5/c1-10(11(2)21)12(3)24-15(7-17(8-20)9-23-17)6-16(22)19-14-4-13(18)5-14/h10-15,20-21H,4-9,18H2,1-3H3,(H,19,22)/t10-,11?,12-,13-,14-,15+,17-/m0/s1. The quantitative estimate of drug-likeness (QED) is 0.412. The van der Waals surface area contributed by atoms with Crippen molar-refractivity contribution in [3.8, 4) is 0 Å². The maximum Gasteiger partial charge on any atom is 0.222 e. The van der Waals surface area contributed by atoms with Gasteiger partial charge in [0.1, 0.15) is 5.60 Å². The summed E-state index contributed by atoms with van der Waals surface area (Å²) in [4.78, 5) is 12.3. The van der Waals surface area contributed by atoms with Crippen LogP contribution in [0.1, 0.15) is 46.5 Å². The van der Waals surface area contributed by atoms with Gasteiger partial charge >= 0.3 is 0 Å². The molecule has 0 bridgehead atoms. The highest BCUT2D eigenvalue weighted by Crippen LogP contribution is 2.34. The summed E-state index contributed by atoms with van der Waals surface area (Å²) in [6.07, 6.45) is 1.27. The van der Waals surface area contributed by atoms with E-state index in [0.717, 1.165) is 12.8 Å². The van der Waals surface area contributed by atoms with Crippen LogP contribution in [0.5, 0.6) is 0 Å². The highest BCUT2D eigenvalue weighted by molar-refractivity contribution is 5.77. The summed E-state index contributed by atoms with van der Waals surface area (Å²) >= 11 is 0. The molecular formula is C17H32N2O5. The molecule has 7 nitrogen and oxygen atoms in total. The third-order valence-electron chi connectivity index (χ3n) is 5.30. The Morgan fingerprint density at radius 2 is 2.04 bits per heavy atom. The molecule has 0 spiro atoms. The Labute approximate surface area is 143 Å². The van der Waals surface area contributed by atoms with Gasteiger partial charge in [-0.05, 0) is 26.7 Å². The molecule has 1 unspecified atom stereocenters. The van der Waals surface area contributed by atoms with E-state index >= 15 is 0 Å². The Balaban J connectivity index is 1.88. The molecule has 1 saturated carbocycles. The van der Waals surface area contributed by atoms with E-state index in [2.05, 4.69) is 5.32 Å². The van der Waals surface area contributed by atoms with Gasteiger partial charge in [0, 0.05) is 24.4 Å². The molecule has 1 saturated heterocycles. The molecule has 1 heterocycles. The number of amides is 1. The number of epoxide rings is 1. The van der Waals surface area contributed by atoms with Gasteiger partial charge in [0.05, 0.1) is 37.9 Å². The van der Waals surface area contributed by atoms with Gasteiger partial charge in [-0.25, -0.2) is 0 Å². The molecule has 2 fully saturated rings. The minimum atomic E-state index is -0.572. The van der Waals surface area contributed by atoms with Crippen molar-refractivity contribution in [2.75, 3.05) is 13.2 Å². The summed E-state index contributed by atoms with van der Waals surface area (Å²) in [5.74, 6) is -0.118. The molecule has 7 heteroatoms. The van der Waals surface area contributed by atoms with E-state index < -0.39 is 11.7 Å². The van der Waals surface area contributed by atoms with E-state index in [4.69, 9.17) is 15.2 Å². The van der Waals surface area contributed by atoms with Crippen molar-refractivity contribution in [2.24, 2.45) is 11.7 Å². The smallest absolute Gasteiger partial charge is 0.222 e. The monoisotopic (exact) mass is 344 g/mol. The Morgan fingerprint density at radius 1 is 1.42 bits per heavy atom. The summed E-state index contributed by atoms with van der Waals surface area (Å²) in [5, 5.41) is 22.2. The van der Waals surface area contributed by atoms with Gasteiger partial charge in [-0.1, -0.05) is 6.92 Å². The lowest BCUT2D eigenvalue weighted by atomic mass is 9.87. The maximum atomic E-state index is 12.3. The van der Waals surface area contributed by atoms with Crippen molar-refractivity contribution in [1.82, 2.24) is 5.32 Å². The van der Waals surface area contributed by atoms with Crippen molar-refractivity contribution in [3.63, 3.8) is 0 Å². The lowest BCUT2D eigenvalue weighted by Crippen LogP contribution is -2.51. The number of aliphatic hydroxyl groups is 2. The van der Waals surface area contributed by atoms with Crippen molar-refractivity contribution in [1.29, 1.82) is 0 Å². The molecule has 5 atom stereocenters. The second-order valence-corrected chi connectivity index (χ2v) is 7.60. The number of carbonyl (C=O) groups excluding carboxylic acids is 1. The van der Waals surface area contributed by atoms with Crippen molar-refractivity contribution in [3.05, 3.63) is 0 Å². The van der Waals surface area contributed by atoms with Gasteiger partial charge < -0.3 is 30.7 Å². The Morgan fingerprint density at radius 3 is 2.50 bits per heavy atom. The van der Waals surface area contributed by atoms with Crippen molar-refractivity contribution in [2.45, 2.75) is 82.5 Å². The fourth-order valence-electron chi connectivity index (χ4n) is 3.05. The lowest BCUT2D eigenvalue weighted by molar-refractivity contribution is -0.129. The molecule has 2 aliphatic rings. The average molecular weight is 344 g/mol. The third-order valence-corrected chi connectivity index (χ3v) is 5.30. The van der Waals surface area contributed by atoms with Gasteiger partial charge in [-0.15, -0.1) is 0 Å². The van der Waals surface area contributed by atoms with Crippen LogP contribution < -0.4 is 11.1 Å². The Hall–Kier alpha value is -0.730. The predicted molar refractivity (Wildman–Crippen MR) is 89.3 cm³/mol. The zero-order valence-electron chi connectivity index (χ0n) is 14.9. The third kappa shape index (κ3) is 5.39. The van der Waals surface area contributed by atoms with E-state index in [-0.39, 0.29) is 49.1 Å². The second kappa shape index (κ2) is 8.10. The summed E-state index contributed by atoms with van der Waals surface area (Å²) in [6, 6.07) is 0.345. The molecule has 0 aromatic carbocycles. The molecule has 1 amide bonds. The number of nitrogens with one attached hydrogen (secondary N) is 1. The fourth-order valence-corrected chi connectivity index (χ4v) is 3.05. The van der Waals surface area contributed by atoms with Crippen LogP contribution in [0.15, 0.2) is 0 Å². The topological polar surface area (TPSA) is 117 Å². The number of hydrogen-bond acceptors (Lipinski definition) is 6. The van der Waals surface area contributed by atoms with E-state index in [1.807, 2.05) is 13.8 Å². The number of carbonyl (C=O) groups is 1. The summed E-state index contributed by atoms with van der Waals surface area (Å²) in [5.41, 5.74) is 5.17. The Kier molecular flexibility index (Phi) is 6.61. The minimum absolute atomic E-state index is 0.0506. The van der Waals surface area contributed by atoms with Crippen LogP contribution in [0.25, 0.3) is 0 Å². The first kappa shape index (κ1) is 19.6. The first-order valence-corrected chi connectivity index (χ1v) is 8.88. The molecule has 2 rings (SSSR count). The molecule has 1 aliphatic carbocycles. The van der Waals surface area contributed by atoms with E-state index in [9.17, 15) is 15.0 Å². The summed E-state index contributed by atoms with van der Waals surface area (Å²) in [6.45, 7) is 5.95. The number of aliphatic hydroxyl groups excluding tert-OH is 2. The minimum Gasteiger partial charge on any atom is -0.393 e. The van der Waals surface area contributed by atoms with Gasteiger partial charge in [0.25, 0.3) is 0 Å². The fraction of sp³-hybridized carbons (Fsp3) is 0.941. The van der Waals surface area contributed by atoms with Crippen LogP contribution in [0.3, 0.4) is 0 Å². The first-order chi connectivity index (χ1) is 11.2. The molecule has 0 aromatic heterocycles. The number of hydrogen-bond donors (Lipinski definition) is 4. The molecule has 0 aromatic rings. The van der Waals surface area contributed by atoms with Crippen LogP contribution in [0.4, 0.5) is 0 Å². The van der Waals surface area contributed by atoms with Gasteiger partial charge in [-0.2, -0.15) is 0 Å². The predicted octanol–water partition coefficient (Wildman–Crippen LogP) is -0.0756. The van der Waals surface area contributed by atoms with Crippen LogP contribution >= 0.6 is 0 Å². The molecule has 1 aliphatic heterocycles. The van der Waals surface area contributed by atoms with Crippen molar-refractivity contribution >= 4 is 5.91 Å². The van der Waals surface area contributed by atoms with Gasteiger partial charge in [-0.3, -0.25) is 4.79 Å². The van der Waals surface area contributed by atoms with E-state index in [1.165, 1.54) is 0 Å². The lowest BCUT2D eigenvalue weighted by Gasteiger charge is -2.34. The number of ether oxygens (including phenoxy) is 2. The zero-order chi connectivity index (χ0) is 17.9. The summed E-state index contributed by atoms with van der Waals surface area (Å²) in [7, 11) is 0. The molecule has 5 N–H and O–H groups in total.